The van der Waals surface area contributed by atoms with Gasteiger partial charge in [-0.05, 0) is 13.0 Å². The van der Waals surface area contributed by atoms with Crippen LogP contribution in [-0.4, -0.2) is 42.0 Å². The van der Waals surface area contributed by atoms with Crippen LogP contribution in [0.4, 0.5) is 5.69 Å². The lowest BCUT2D eigenvalue weighted by atomic mass is 10.3. The van der Waals surface area contributed by atoms with E-state index >= 15 is 0 Å². The Morgan fingerprint density at radius 1 is 1.56 bits per heavy atom. The number of esters is 1. The van der Waals surface area contributed by atoms with Crippen LogP contribution in [0.15, 0.2) is 12.3 Å². The molecular weight excluding hydrogens is 210 g/mol. The molecule has 0 radical (unpaired) electrons. The van der Waals surface area contributed by atoms with Gasteiger partial charge in [-0.25, -0.2) is 0 Å². The quantitative estimate of drug-likeness (QED) is 0.718. The molecule has 0 atom stereocenters. The molecule has 0 aliphatic heterocycles. The molecule has 0 bridgehead atoms. The van der Waals surface area contributed by atoms with Crippen LogP contribution in [-0.2, 0) is 9.53 Å². The van der Waals surface area contributed by atoms with Crippen LogP contribution < -0.4 is 5.73 Å². The zero-order chi connectivity index (χ0) is 12.1. The second kappa shape index (κ2) is 5.20. The number of carbonyl (C=O) groups is 2. The Morgan fingerprint density at radius 3 is 2.75 bits per heavy atom. The number of nitrogens with one attached hydrogen (secondary N) is 1. The van der Waals surface area contributed by atoms with Crippen molar-refractivity contribution < 1.29 is 14.3 Å². The maximum Gasteiger partial charge on any atom is 0.325 e. The van der Waals surface area contributed by atoms with Gasteiger partial charge in [-0.2, -0.15) is 0 Å². The molecule has 0 saturated heterocycles. The molecule has 88 valence electrons. The molecule has 16 heavy (non-hydrogen) atoms. The van der Waals surface area contributed by atoms with Gasteiger partial charge in [0.15, 0.2) is 0 Å². The molecule has 1 aromatic heterocycles. The molecule has 0 aliphatic rings. The van der Waals surface area contributed by atoms with Gasteiger partial charge in [0.2, 0.25) is 0 Å². The molecule has 3 N–H and O–H groups in total. The van der Waals surface area contributed by atoms with E-state index in [4.69, 9.17) is 10.5 Å². The number of ether oxygens (including phenoxy) is 1. The van der Waals surface area contributed by atoms with Gasteiger partial charge in [0.1, 0.15) is 12.2 Å². The number of aromatic nitrogens is 1. The van der Waals surface area contributed by atoms with E-state index in [9.17, 15) is 9.59 Å². The van der Waals surface area contributed by atoms with Crippen molar-refractivity contribution in [2.24, 2.45) is 0 Å². The number of likely N-dealkylation sites (N-methyl/N-ethyl adjacent to an activating group) is 1. The summed E-state index contributed by atoms with van der Waals surface area (Å²) in [5, 5.41) is 0. The maximum atomic E-state index is 11.7. The first-order valence-electron chi connectivity index (χ1n) is 4.89. The van der Waals surface area contributed by atoms with Crippen LogP contribution in [0.1, 0.15) is 17.4 Å². The molecule has 6 heteroatoms. The number of nitrogens with zero attached hydrogens (tertiary/aromatic N) is 1. The van der Waals surface area contributed by atoms with E-state index < -0.39 is 5.97 Å². The summed E-state index contributed by atoms with van der Waals surface area (Å²) in [6.07, 6.45) is 1.52. The minimum Gasteiger partial charge on any atom is -0.465 e. The largest absolute Gasteiger partial charge is 0.465 e. The minimum atomic E-state index is -0.433. The van der Waals surface area contributed by atoms with E-state index in [0.717, 1.165) is 0 Å². The predicted octanol–water partition coefficient (Wildman–Crippen LogP) is 0.232. The van der Waals surface area contributed by atoms with Crippen molar-refractivity contribution in [3.8, 4) is 0 Å². The van der Waals surface area contributed by atoms with E-state index in [0.29, 0.717) is 18.0 Å². The van der Waals surface area contributed by atoms with Crippen molar-refractivity contribution in [3.05, 3.63) is 18.0 Å². The molecule has 1 aromatic rings. The summed E-state index contributed by atoms with van der Waals surface area (Å²) < 4.78 is 4.74. The van der Waals surface area contributed by atoms with Crippen LogP contribution in [0.5, 0.6) is 0 Å². The molecule has 1 amide bonds. The van der Waals surface area contributed by atoms with Crippen molar-refractivity contribution in [3.63, 3.8) is 0 Å². The summed E-state index contributed by atoms with van der Waals surface area (Å²) in [5.41, 5.74) is 6.30. The van der Waals surface area contributed by atoms with Gasteiger partial charge in [0.05, 0.1) is 6.61 Å². The van der Waals surface area contributed by atoms with Crippen LogP contribution >= 0.6 is 0 Å². The van der Waals surface area contributed by atoms with Crippen molar-refractivity contribution in [2.45, 2.75) is 6.92 Å². The van der Waals surface area contributed by atoms with Gasteiger partial charge in [0, 0.05) is 18.9 Å². The Labute approximate surface area is 93.4 Å². The molecule has 0 fully saturated rings. The summed E-state index contributed by atoms with van der Waals surface area (Å²) in [5.74, 6) is -0.734. The van der Waals surface area contributed by atoms with Crippen LogP contribution in [0, 0.1) is 0 Å². The number of rotatable bonds is 4. The zero-order valence-corrected chi connectivity index (χ0v) is 9.32. The molecular formula is C10H15N3O3. The fraction of sp³-hybridized carbons (Fsp3) is 0.400. The van der Waals surface area contributed by atoms with E-state index in [1.54, 1.807) is 6.92 Å². The second-order valence-corrected chi connectivity index (χ2v) is 3.31. The Kier molecular flexibility index (Phi) is 3.93. The smallest absolute Gasteiger partial charge is 0.325 e. The monoisotopic (exact) mass is 225 g/mol. The molecule has 6 nitrogen and oxygen atoms in total. The lowest BCUT2D eigenvalue weighted by molar-refractivity contribution is -0.143. The number of hydrogen-bond donors (Lipinski definition) is 2. The first-order valence-corrected chi connectivity index (χ1v) is 4.89. The van der Waals surface area contributed by atoms with Gasteiger partial charge in [-0.15, -0.1) is 0 Å². The predicted molar refractivity (Wildman–Crippen MR) is 58.8 cm³/mol. The number of nitrogen functional groups attached to an aromatic ring is 1. The van der Waals surface area contributed by atoms with Crippen molar-refractivity contribution in [1.29, 1.82) is 0 Å². The molecule has 0 aromatic carbocycles. The van der Waals surface area contributed by atoms with Crippen molar-refractivity contribution in [2.75, 3.05) is 25.9 Å². The summed E-state index contributed by atoms with van der Waals surface area (Å²) in [4.78, 5) is 26.9. The van der Waals surface area contributed by atoms with Gasteiger partial charge < -0.3 is 20.4 Å². The zero-order valence-electron chi connectivity index (χ0n) is 9.32. The Balaban J connectivity index is 2.57. The highest BCUT2D eigenvalue weighted by Crippen LogP contribution is 2.06. The van der Waals surface area contributed by atoms with Gasteiger partial charge in [0.25, 0.3) is 5.91 Å². The standard InChI is InChI=1S/C10H15N3O3/c1-3-16-9(14)6-13(2)10(15)8-4-7(11)5-12-8/h4-5,12H,3,6,11H2,1-2H3. The first kappa shape index (κ1) is 12.1. The number of anilines is 1. The van der Waals surface area contributed by atoms with Gasteiger partial charge in [-0.3, -0.25) is 9.59 Å². The summed E-state index contributed by atoms with van der Waals surface area (Å²) >= 11 is 0. The highest BCUT2D eigenvalue weighted by Gasteiger charge is 2.16. The number of amides is 1. The number of aromatic amines is 1. The van der Waals surface area contributed by atoms with Crippen molar-refractivity contribution >= 4 is 17.6 Å². The second-order valence-electron chi connectivity index (χ2n) is 3.31. The van der Waals surface area contributed by atoms with Crippen LogP contribution in [0.3, 0.4) is 0 Å². The van der Waals surface area contributed by atoms with E-state index in [1.807, 2.05) is 0 Å². The van der Waals surface area contributed by atoms with E-state index in [2.05, 4.69) is 4.98 Å². The highest BCUT2D eigenvalue weighted by atomic mass is 16.5. The van der Waals surface area contributed by atoms with E-state index in [1.165, 1.54) is 24.2 Å². The van der Waals surface area contributed by atoms with Crippen molar-refractivity contribution in [1.82, 2.24) is 9.88 Å². The summed E-state index contributed by atoms with van der Waals surface area (Å²) in [6, 6.07) is 1.52. The third-order valence-corrected chi connectivity index (χ3v) is 1.95. The van der Waals surface area contributed by atoms with Gasteiger partial charge >= 0.3 is 5.97 Å². The topological polar surface area (TPSA) is 88.4 Å². The molecule has 0 spiro atoms. The SMILES string of the molecule is CCOC(=O)CN(C)C(=O)c1cc(N)c[nH]1. The minimum absolute atomic E-state index is 0.0778. The Hall–Kier alpha value is -1.98. The third kappa shape index (κ3) is 3.01. The Bertz CT molecular complexity index is 386. The lowest BCUT2D eigenvalue weighted by Crippen LogP contribution is -2.33. The number of nitrogens with two attached hydrogens (primary N) is 1. The molecule has 0 unspecified atom stereocenters. The normalized spacial score (nSPS) is 9.88. The van der Waals surface area contributed by atoms with E-state index in [-0.39, 0.29) is 12.5 Å². The Morgan fingerprint density at radius 2 is 2.25 bits per heavy atom. The first-order chi connectivity index (χ1) is 7.54. The number of hydrogen-bond acceptors (Lipinski definition) is 4. The van der Waals surface area contributed by atoms with Crippen LogP contribution in [0.25, 0.3) is 0 Å². The molecule has 1 heterocycles. The average molecular weight is 225 g/mol. The summed E-state index contributed by atoms with van der Waals surface area (Å²) in [7, 11) is 1.52. The fourth-order valence-electron chi connectivity index (χ4n) is 1.21. The lowest BCUT2D eigenvalue weighted by Gasteiger charge is -2.14. The molecule has 1 rings (SSSR count). The number of H-pyrrole nitrogens is 1. The van der Waals surface area contributed by atoms with Crippen LogP contribution in [0.2, 0.25) is 0 Å². The summed E-state index contributed by atoms with van der Waals surface area (Å²) in [6.45, 7) is 1.94. The fourth-order valence-corrected chi connectivity index (χ4v) is 1.21. The highest BCUT2D eigenvalue weighted by molar-refractivity contribution is 5.95. The maximum absolute atomic E-state index is 11.7. The molecule has 0 aliphatic carbocycles. The molecule has 0 saturated carbocycles. The third-order valence-electron chi connectivity index (χ3n) is 1.95. The average Bonchev–Trinajstić information content (AvgIpc) is 2.64. The van der Waals surface area contributed by atoms with Gasteiger partial charge in [-0.1, -0.05) is 0 Å². The number of carbonyl (C=O) groups excluding carboxylic acids is 2.